The number of amides is 1. The van der Waals surface area contributed by atoms with E-state index in [1.54, 1.807) is 0 Å². The summed E-state index contributed by atoms with van der Waals surface area (Å²) in [5.41, 5.74) is 0.193. The minimum absolute atomic E-state index is 0.00876. The second-order valence-corrected chi connectivity index (χ2v) is 6.56. The van der Waals surface area contributed by atoms with Crippen molar-refractivity contribution < 1.29 is 14.7 Å². The average Bonchev–Trinajstić information content (AvgIpc) is 2.74. The van der Waals surface area contributed by atoms with E-state index in [-0.39, 0.29) is 18.7 Å². The standard InChI is InChI=1S/C14H20N2O3S/c1-10-15-11(9-20-10)7-12(17)16-14(8-13(18)19)5-3-2-4-6-14/h9H,2-8H2,1H3,(H,16,17)(H,18,19). The van der Waals surface area contributed by atoms with Crippen molar-refractivity contribution in [3.8, 4) is 0 Å². The first kappa shape index (κ1) is 15.0. The van der Waals surface area contributed by atoms with Crippen LogP contribution in [-0.4, -0.2) is 27.5 Å². The fraction of sp³-hybridized carbons (Fsp3) is 0.643. The highest BCUT2D eigenvalue weighted by Crippen LogP contribution is 2.31. The van der Waals surface area contributed by atoms with Crippen molar-refractivity contribution >= 4 is 23.2 Å². The van der Waals surface area contributed by atoms with E-state index in [2.05, 4.69) is 10.3 Å². The van der Waals surface area contributed by atoms with Crippen molar-refractivity contribution in [3.05, 3.63) is 16.1 Å². The normalized spacial score (nSPS) is 17.6. The van der Waals surface area contributed by atoms with Gasteiger partial charge in [-0.15, -0.1) is 11.3 Å². The molecular weight excluding hydrogens is 276 g/mol. The molecule has 1 aromatic rings. The molecule has 20 heavy (non-hydrogen) atoms. The van der Waals surface area contributed by atoms with Crippen molar-refractivity contribution in [3.63, 3.8) is 0 Å². The number of carboxylic acid groups (broad SMARTS) is 1. The van der Waals surface area contributed by atoms with Gasteiger partial charge in [-0.05, 0) is 19.8 Å². The highest BCUT2D eigenvalue weighted by molar-refractivity contribution is 7.09. The second-order valence-electron chi connectivity index (χ2n) is 5.49. The average molecular weight is 296 g/mol. The lowest BCUT2D eigenvalue weighted by atomic mass is 9.79. The van der Waals surface area contributed by atoms with Crippen molar-refractivity contribution in [2.45, 2.75) is 57.4 Å². The molecular formula is C14H20N2O3S. The Bertz CT molecular complexity index is 492. The summed E-state index contributed by atoms with van der Waals surface area (Å²) in [5, 5.41) is 14.9. The Labute approximate surface area is 122 Å². The monoisotopic (exact) mass is 296 g/mol. The molecule has 1 amide bonds. The Morgan fingerprint density at radius 3 is 2.65 bits per heavy atom. The lowest BCUT2D eigenvalue weighted by Gasteiger charge is -2.37. The molecule has 1 heterocycles. The van der Waals surface area contributed by atoms with Crippen molar-refractivity contribution in [1.29, 1.82) is 0 Å². The summed E-state index contributed by atoms with van der Waals surface area (Å²) in [6.07, 6.45) is 4.80. The van der Waals surface area contributed by atoms with Gasteiger partial charge >= 0.3 is 5.97 Å². The molecule has 1 saturated carbocycles. The first-order valence-electron chi connectivity index (χ1n) is 6.93. The molecule has 1 aliphatic rings. The largest absolute Gasteiger partial charge is 0.481 e. The zero-order valence-electron chi connectivity index (χ0n) is 11.6. The number of hydrogen-bond donors (Lipinski definition) is 2. The molecule has 0 atom stereocenters. The smallest absolute Gasteiger partial charge is 0.305 e. The lowest BCUT2D eigenvalue weighted by molar-refractivity contribution is -0.139. The number of aliphatic carboxylic acids is 1. The van der Waals surface area contributed by atoms with Crippen molar-refractivity contribution in [1.82, 2.24) is 10.3 Å². The molecule has 0 aromatic carbocycles. The van der Waals surface area contributed by atoms with Crippen LogP contribution in [0.5, 0.6) is 0 Å². The molecule has 6 heteroatoms. The SMILES string of the molecule is Cc1nc(CC(=O)NC2(CC(=O)O)CCCCC2)cs1. The van der Waals surface area contributed by atoms with E-state index >= 15 is 0 Å². The molecule has 1 aromatic heterocycles. The van der Waals surface area contributed by atoms with E-state index in [0.29, 0.717) is 0 Å². The van der Waals surface area contributed by atoms with Gasteiger partial charge in [-0.2, -0.15) is 0 Å². The summed E-state index contributed by atoms with van der Waals surface area (Å²) >= 11 is 1.52. The van der Waals surface area contributed by atoms with Crippen LogP contribution in [0.25, 0.3) is 0 Å². The van der Waals surface area contributed by atoms with Crippen LogP contribution in [0.1, 0.15) is 49.2 Å². The Kier molecular flexibility index (Phi) is 4.75. The van der Waals surface area contributed by atoms with E-state index < -0.39 is 11.5 Å². The predicted molar refractivity (Wildman–Crippen MR) is 76.8 cm³/mol. The van der Waals surface area contributed by atoms with Crippen LogP contribution < -0.4 is 5.32 Å². The highest BCUT2D eigenvalue weighted by Gasteiger charge is 2.35. The summed E-state index contributed by atoms with van der Waals surface area (Å²) in [4.78, 5) is 27.5. The molecule has 1 fully saturated rings. The Morgan fingerprint density at radius 2 is 2.10 bits per heavy atom. The van der Waals surface area contributed by atoms with Gasteiger partial charge in [-0.3, -0.25) is 9.59 Å². The number of nitrogens with one attached hydrogen (secondary N) is 1. The first-order valence-corrected chi connectivity index (χ1v) is 7.81. The molecule has 1 aliphatic carbocycles. The third-order valence-electron chi connectivity index (χ3n) is 3.71. The quantitative estimate of drug-likeness (QED) is 0.873. The van der Waals surface area contributed by atoms with Crippen LogP contribution in [0.2, 0.25) is 0 Å². The second kappa shape index (κ2) is 6.35. The molecule has 5 nitrogen and oxygen atoms in total. The number of thiazole rings is 1. The van der Waals surface area contributed by atoms with Gasteiger partial charge < -0.3 is 10.4 Å². The minimum Gasteiger partial charge on any atom is -0.481 e. The van der Waals surface area contributed by atoms with Crippen LogP contribution in [0.4, 0.5) is 0 Å². The zero-order chi connectivity index (χ0) is 14.6. The molecule has 2 N–H and O–H groups in total. The minimum atomic E-state index is -0.850. The van der Waals surface area contributed by atoms with Gasteiger partial charge in [0.25, 0.3) is 0 Å². The molecule has 0 radical (unpaired) electrons. The number of carbonyl (C=O) groups excluding carboxylic acids is 1. The van der Waals surface area contributed by atoms with Crippen LogP contribution in [0.3, 0.4) is 0 Å². The van der Waals surface area contributed by atoms with E-state index in [4.69, 9.17) is 5.11 Å². The maximum Gasteiger partial charge on any atom is 0.305 e. The van der Waals surface area contributed by atoms with Gasteiger partial charge in [-0.25, -0.2) is 4.98 Å². The van der Waals surface area contributed by atoms with Gasteiger partial charge in [0.1, 0.15) is 0 Å². The Morgan fingerprint density at radius 1 is 1.40 bits per heavy atom. The van der Waals surface area contributed by atoms with E-state index in [9.17, 15) is 9.59 Å². The van der Waals surface area contributed by atoms with E-state index in [1.165, 1.54) is 11.3 Å². The zero-order valence-corrected chi connectivity index (χ0v) is 12.5. The van der Waals surface area contributed by atoms with Crippen molar-refractivity contribution in [2.24, 2.45) is 0 Å². The van der Waals surface area contributed by atoms with Gasteiger partial charge in [0.05, 0.1) is 29.1 Å². The summed E-state index contributed by atoms with van der Waals surface area (Å²) in [5.74, 6) is -0.977. The fourth-order valence-corrected chi connectivity index (χ4v) is 3.47. The van der Waals surface area contributed by atoms with Crippen molar-refractivity contribution in [2.75, 3.05) is 0 Å². The maximum atomic E-state index is 12.1. The summed E-state index contributed by atoms with van der Waals surface area (Å²) in [6.45, 7) is 1.90. The number of carboxylic acids is 1. The fourth-order valence-electron chi connectivity index (χ4n) is 2.86. The summed E-state index contributed by atoms with van der Waals surface area (Å²) in [6, 6.07) is 0. The summed E-state index contributed by atoms with van der Waals surface area (Å²) < 4.78 is 0. The molecule has 0 spiro atoms. The Hall–Kier alpha value is -1.43. The number of aryl methyl sites for hydroxylation is 1. The number of nitrogens with zero attached hydrogens (tertiary/aromatic N) is 1. The van der Waals surface area contributed by atoms with Crippen LogP contribution in [0, 0.1) is 6.92 Å². The van der Waals surface area contributed by atoms with E-state index in [0.717, 1.165) is 42.8 Å². The summed E-state index contributed by atoms with van der Waals surface area (Å²) in [7, 11) is 0. The number of carbonyl (C=O) groups is 2. The molecule has 2 rings (SSSR count). The van der Waals surface area contributed by atoms with Crippen LogP contribution >= 0.6 is 11.3 Å². The molecule has 0 bridgehead atoms. The third-order valence-corrected chi connectivity index (χ3v) is 4.54. The van der Waals surface area contributed by atoms with E-state index in [1.807, 2.05) is 12.3 Å². The third kappa shape index (κ3) is 4.03. The van der Waals surface area contributed by atoms with Gasteiger partial charge in [0, 0.05) is 5.38 Å². The van der Waals surface area contributed by atoms with Gasteiger partial charge in [0.2, 0.25) is 5.91 Å². The lowest BCUT2D eigenvalue weighted by Crippen LogP contribution is -2.51. The first-order chi connectivity index (χ1) is 9.49. The number of aromatic nitrogens is 1. The predicted octanol–water partition coefficient (Wildman–Crippen LogP) is 2.29. The number of rotatable bonds is 5. The topological polar surface area (TPSA) is 79.3 Å². The highest BCUT2D eigenvalue weighted by atomic mass is 32.1. The maximum absolute atomic E-state index is 12.1. The molecule has 110 valence electrons. The molecule has 0 aliphatic heterocycles. The molecule has 0 saturated heterocycles. The van der Waals surface area contributed by atoms with Gasteiger partial charge in [-0.1, -0.05) is 19.3 Å². The molecule has 0 unspecified atom stereocenters. The van der Waals surface area contributed by atoms with Crippen LogP contribution in [0.15, 0.2) is 5.38 Å². The number of hydrogen-bond acceptors (Lipinski definition) is 4. The van der Waals surface area contributed by atoms with Gasteiger partial charge in [0.15, 0.2) is 0 Å². The van der Waals surface area contributed by atoms with Crippen LogP contribution in [-0.2, 0) is 16.0 Å². The Balaban J connectivity index is 1.99.